The highest BCUT2D eigenvalue weighted by atomic mass is 32.1. The number of aromatic nitrogens is 1. The number of benzene rings is 3. The Labute approximate surface area is 218 Å². The van der Waals surface area contributed by atoms with Crippen LogP contribution in [0.3, 0.4) is 0 Å². The molecule has 37 heavy (non-hydrogen) atoms. The van der Waals surface area contributed by atoms with E-state index in [9.17, 15) is 9.59 Å². The fraction of sp³-hybridized carbons (Fsp3) is 0.276. The van der Waals surface area contributed by atoms with Crippen LogP contribution in [0, 0.1) is 0 Å². The zero-order chi connectivity index (χ0) is 25.4. The molecule has 0 aliphatic carbocycles. The summed E-state index contributed by atoms with van der Waals surface area (Å²) in [5.74, 6) is -0.400. The first-order valence-corrected chi connectivity index (χ1v) is 13.5. The SMILES string of the molecule is CCc1ccc2nc(N3CCN(CCNC(=O)c4cc5c(ccc6ccccc65)oc4=O)CC3)sc2c1. The van der Waals surface area contributed by atoms with Gasteiger partial charge in [-0.25, -0.2) is 9.78 Å². The summed E-state index contributed by atoms with van der Waals surface area (Å²) in [7, 11) is 0. The van der Waals surface area contributed by atoms with Gasteiger partial charge >= 0.3 is 5.63 Å². The second-order valence-electron chi connectivity index (χ2n) is 9.38. The lowest BCUT2D eigenvalue weighted by atomic mass is 10.0. The molecule has 0 unspecified atom stereocenters. The summed E-state index contributed by atoms with van der Waals surface area (Å²) in [6.07, 6.45) is 1.03. The maximum atomic E-state index is 12.9. The molecule has 7 nitrogen and oxygen atoms in total. The van der Waals surface area contributed by atoms with Gasteiger partial charge in [0.1, 0.15) is 11.1 Å². The van der Waals surface area contributed by atoms with Crippen molar-refractivity contribution < 1.29 is 9.21 Å². The van der Waals surface area contributed by atoms with E-state index in [1.54, 1.807) is 23.5 Å². The van der Waals surface area contributed by atoms with Gasteiger partial charge in [-0.2, -0.15) is 0 Å². The third-order valence-electron chi connectivity index (χ3n) is 7.09. The van der Waals surface area contributed by atoms with Crippen molar-refractivity contribution in [1.29, 1.82) is 0 Å². The monoisotopic (exact) mass is 512 g/mol. The molecule has 1 aliphatic rings. The van der Waals surface area contributed by atoms with Crippen LogP contribution in [-0.4, -0.2) is 55.1 Å². The number of anilines is 1. The van der Waals surface area contributed by atoms with E-state index >= 15 is 0 Å². The van der Waals surface area contributed by atoms with Gasteiger partial charge in [0.05, 0.1) is 10.2 Å². The van der Waals surface area contributed by atoms with Crippen LogP contribution in [-0.2, 0) is 6.42 Å². The molecular formula is C29H28N4O3S. The highest BCUT2D eigenvalue weighted by Crippen LogP contribution is 2.30. The number of nitrogens with zero attached hydrogens (tertiary/aromatic N) is 3. The second-order valence-corrected chi connectivity index (χ2v) is 10.4. The second kappa shape index (κ2) is 9.95. The number of thiazole rings is 1. The molecule has 5 aromatic rings. The number of hydrogen-bond donors (Lipinski definition) is 1. The van der Waals surface area contributed by atoms with E-state index in [0.717, 1.165) is 66.0 Å². The summed E-state index contributed by atoms with van der Waals surface area (Å²) >= 11 is 1.76. The van der Waals surface area contributed by atoms with Crippen molar-refractivity contribution in [3.8, 4) is 0 Å². The fourth-order valence-electron chi connectivity index (χ4n) is 4.93. The Morgan fingerprint density at radius 3 is 2.70 bits per heavy atom. The fourth-order valence-corrected chi connectivity index (χ4v) is 6.01. The number of fused-ring (bicyclic) bond motifs is 4. The number of piperazine rings is 1. The number of aryl methyl sites for hydroxylation is 1. The molecular weight excluding hydrogens is 484 g/mol. The first kappa shape index (κ1) is 23.6. The van der Waals surface area contributed by atoms with Crippen LogP contribution in [0.15, 0.2) is 69.9 Å². The zero-order valence-electron chi connectivity index (χ0n) is 20.7. The van der Waals surface area contributed by atoms with E-state index < -0.39 is 11.5 Å². The Balaban J connectivity index is 1.06. The molecule has 1 amide bonds. The molecule has 1 aliphatic heterocycles. The molecule has 1 N–H and O–H groups in total. The highest BCUT2D eigenvalue weighted by Gasteiger charge is 2.20. The van der Waals surface area contributed by atoms with Crippen molar-refractivity contribution in [3.05, 3.63) is 82.2 Å². The van der Waals surface area contributed by atoms with Gasteiger partial charge in [-0.05, 0) is 47.0 Å². The van der Waals surface area contributed by atoms with Gasteiger partial charge in [0.15, 0.2) is 5.13 Å². The quantitative estimate of drug-likeness (QED) is 0.263. The van der Waals surface area contributed by atoms with Gasteiger partial charge in [-0.15, -0.1) is 0 Å². The predicted molar refractivity (Wildman–Crippen MR) is 150 cm³/mol. The lowest BCUT2D eigenvalue weighted by molar-refractivity contribution is 0.0944. The Hall–Kier alpha value is -3.75. The minimum absolute atomic E-state index is 0.0377. The smallest absolute Gasteiger partial charge is 0.349 e. The molecule has 3 aromatic carbocycles. The zero-order valence-corrected chi connectivity index (χ0v) is 21.5. The topological polar surface area (TPSA) is 78.7 Å². The van der Waals surface area contributed by atoms with Crippen LogP contribution in [0.2, 0.25) is 0 Å². The molecule has 1 saturated heterocycles. The third kappa shape index (κ3) is 4.70. The van der Waals surface area contributed by atoms with E-state index in [4.69, 9.17) is 9.40 Å². The van der Waals surface area contributed by atoms with Crippen molar-refractivity contribution in [2.75, 3.05) is 44.2 Å². The number of carbonyl (C=O) groups excluding carboxylic acids is 1. The molecule has 0 saturated carbocycles. The standard InChI is InChI=1S/C29H28N4O3S/c1-2-19-7-9-24-26(17-19)37-29(31-24)33-15-13-32(14-16-33)12-11-30-27(34)23-18-22-21-6-4-3-5-20(21)8-10-25(22)36-28(23)35/h3-10,17-18H,2,11-16H2,1H3,(H,30,34). The summed E-state index contributed by atoms with van der Waals surface area (Å²) in [6, 6.07) is 19.7. The van der Waals surface area contributed by atoms with Gasteiger partial charge in [0.25, 0.3) is 5.91 Å². The molecule has 0 radical (unpaired) electrons. The van der Waals surface area contributed by atoms with Crippen LogP contribution in [0.1, 0.15) is 22.8 Å². The summed E-state index contributed by atoms with van der Waals surface area (Å²) < 4.78 is 6.71. The number of hydrogen-bond acceptors (Lipinski definition) is 7. The average Bonchev–Trinajstić information content (AvgIpc) is 3.36. The summed E-state index contributed by atoms with van der Waals surface area (Å²) in [5, 5.41) is 6.73. The molecule has 0 atom stereocenters. The molecule has 2 aromatic heterocycles. The molecule has 6 rings (SSSR count). The summed E-state index contributed by atoms with van der Waals surface area (Å²) in [6.45, 7) is 6.95. The van der Waals surface area contributed by atoms with Crippen LogP contribution >= 0.6 is 11.3 Å². The molecule has 188 valence electrons. The van der Waals surface area contributed by atoms with E-state index in [1.807, 2.05) is 30.3 Å². The Morgan fingerprint density at radius 2 is 1.86 bits per heavy atom. The normalized spacial score (nSPS) is 14.6. The minimum atomic E-state index is -0.615. The van der Waals surface area contributed by atoms with Gasteiger partial charge in [-0.1, -0.05) is 54.7 Å². The largest absolute Gasteiger partial charge is 0.422 e. The van der Waals surface area contributed by atoms with E-state index in [0.29, 0.717) is 12.1 Å². The van der Waals surface area contributed by atoms with Gasteiger partial charge in [0, 0.05) is 44.7 Å². The van der Waals surface area contributed by atoms with Crippen molar-refractivity contribution in [1.82, 2.24) is 15.2 Å². The average molecular weight is 513 g/mol. The maximum Gasteiger partial charge on any atom is 0.349 e. The molecule has 0 bridgehead atoms. The van der Waals surface area contributed by atoms with Crippen LogP contribution in [0.25, 0.3) is 32.0 Å². The van der Waals surface area contributed by atoms with Crippen LogP contribution in [0.5, 0.6) is 0 Å². The van der Waals surface area contributed by atoms with Gasteiger partial charge < -0.3 is 14.6 Å². The lowest BCUT2D eigenvalue weighted by Gasteiger charge is -2.34. The number of rotatable bonds is 6. The van der Waals surface area contributed by atoms with Gasteiger partial charge in [-0.3, -0.25) is 9.69 Å². The van der Waals surface area contributed by atoms with Gasteiger partial charge in [0.2, 0.25) is 0 Å². The maximum absolute atomic E-state index is 12.9. The van der Waals surface area contributed by atoms with E-state index in [1.165, 1.54) is 10.3 Å². The van der Waals surface area contributed by atoms with Crippen molar-refractivity contribution in [2.24, 2.45) is 0 Å². The molecule has 1 fully saturated rings. The molecule has 0 spiro atoms. The van der Waals surface area contributed by atoms with Crippen LogP contribution < -0.4 is 15.8 Å². The number of nitrogens with one attached hydrogen (secondary N) is 1. The lowest BCUT2D eigenvalue weighted by Crippen LogP contribution is -2.48. The van der Waals surface area contributed by atoms with Crippen molar-refractivity contribution >= 4 is 54.3 Å². The molecule has 3 heterocycles. The number of amides is 1. The first-order chi connectivity index (χ1) is 18.1. The summed E-state index contributed by atoms with van der Waals surface area (Å²) in [5.41, 5.74) is 2.31. The third-order valence-corrected chi connectivity index (χ3v) is 8.17. The minimum Gasteiger partial charge on any atom is -0.422 e. The van der Waals surface area contributed by atoms with Crippen molar-refractivity contribution in [3.63, 3.8) is 0 Å². The summed E-state index contributed by atoms with van der Waals surface area (Å²) in [4.78, 5) is 34.9. The first-order valence-electron chi connectivity index (χ1n) is 12.7. The highest BCUT2D eigenvalue weighted by molar-refractivity contribution is 7.22. The Kier molecular flexibility index (Phi) is 6.36. The van der Waals surface area contributed by atoms with E-state index in [2.05, 4.69) is 40.2 Å². The molecule has 8 heteroatoms. The Bertz CT molecular complexity index is 1670. The van der Waals surface area contributed by atoms with E-state index in [-0.39, 0.29) is 5.56 Å². The Morgan fingerprint density at radius 1 is 1.03 bits per heavy atom. The van der Waals surface area contributed by atoms with Crippen molar-refractivity contribution in [2.45, 2.75) is 13.3 Å². The predicted octanol–water partition coefficient (Wildman–Crippen LogP) is 4.67. The van der Waals surface area contributed by atoms with Crippen LogP contribution in [0.4, 0.5) is 5.13 Å². The number of carbonyl (C=O) groups is 1.